The lowest BCUT2D eigenvalue weighted by Gasteiger charge is -2.26. The first kappa shape index (κ1) is 16.9. The number of alkyl halides is 1. The molecule has 0 bridgehead atoms. The molecule has 1 aliphatic carbocycles. The van der Waals surface area contributed by atoms with E-state index in [0.29, 0.717) is 24.0 Å². The third-order valence-electron chi connectivity index (χ3n) is 4.88. The molecule has 0 aliphatic heterocycles. The highest BCUT2D eigenvalue weighted by atomic mass is 32.1. The molecule has 26 heavy (non-hydrogen) atoms. The Balaban J connectivity index is 1.83. The van der Waals surface area contributed by atoms with Crippen LogP contribution >= 0.6 is 11.3 Å². The first-order valence-corrected chi connectivity index (χ1v) is 9.24. The Kier molecular flexibility index (Phi) is 3.91. The minimum absolute atomic E-state index is 0.248. The fourth-order valence-electron chi connectivity index (χ4n) is 3.45. The number of halogens is 1. The van der Waals surface area contributed by atoms with Crippen LogP contribution < -0.4 is 11.1 Å². The lowest BCUT2D eigenvalue weighted by atomic mass is 10.0. The molecular weight excluding hydrogens is 355 g/mol. The predicted molar refractivity (Wildman–Crippen MR) is 98.1 cm³/mol. The maximum atomic E-state index is 14.7. The maximum Gasteiger partial charge on any atom is 0.252 e. The van der Waals surface area contributed by atoms with E-state index in [9.17, 15) is 9.18 Å². The average Bonchev–Trinajstić information content (AvgIpc) is 3.26. The summed E-state index contributed by atoms with van der Waals surface area (Å²) in [5, 5.41) is 17.3. The fourth-order valence-corrected chi connectivity index (χ4v) is 4.12. The van der Waals surface area contributed by atoms with Crippen LogP contribution in [0.2, 0.25) is 0 Å². The standard InChI is InChI=1S/C17H19FN6OS/c1-9-22-23-16(26-9)10-6-12-14(21-13-4-3-5-17(13,2)18)11(15(19)25)7-20-24(12)8-10/h6-8,13,21H,3-5H2,1-2H3,(H2,19,25)/t13-,17-/m1/s1. The Morgan fingerprint density at radius 3 is 2.92 bits per heavy atom. The van der Waals surface area contributed by atoms with E-state index >= 15 is 0 Å². The van der Waals surface area contributed by atoms with Crippen molar-refractivity contribution in [2.75, 3.05) is 5.32 Å². The van der Waals surface area contributed by atoms with Crippen LogP contribution in [0.4, 0.5) is 10.1 Å². The van der Waals surface area contributed by atoms with Crippen LogP contribution in [0.5, 0.6) is 0 Å². The molecule has 0 spiro atoms. The summed E-state index contributed by atoms with van der Waals surface area (Å²) in [4.78, 5) is 11.9. The van der Waals surface area contributed by atoms with Crippen molar-refractivity contribution >= 4 is 28.4 Å². The zero-order chi connectivity index (χ0) is 18.5. The Hall–Kier alpha value is -2.55. The highest BCUT2D eigenvalue weighted by Gasteiger charge is 2.39. The van der Waals surface area contributed by atoms with Crippen molar-refractivity contribution in [3.63, 3.8) is 0 Å². The van der Waals surface area contributed by atoms with E-state index in [1.807, 2.05) is 19.2 Å². The third kappa shape index (κ3) is 2.82. The van der Waals surface area contributed by atoms with Crippen LogP contribution in [0.25, 0.3) is 16.1 Å². The van der Waals surface area contributed by atoms with Gasteiger partial charge in [-0.1, -0.05) is 11.3 Å². The molecule has 136 valence electrons. The lowest BCUT2D eigenvalue weighted by Crippen LogP contribution is -2.36. The van der Waals surface area contributed by atoms with Gasteiger partial charge in [-0.25, -0.2) is 8.91 Å². The van der Waals surface area contributed by atoms with Crippen molar-refractivity contribution in [3.05, 3.63) is 29.0 Å². The quantitative estimate of drug-likeness (QED) is 0.732. The number of anilines is 1. The second-order valence-electron chi connectivity index (χ2n) is 6.85. The van der Waals surface area contributed by atoms with Crippen molar-refractivity contribution < 1.29 is 9.18 Å². The molecule has 0 saturated heterocycles. The van der Waals surface area contributed by atoms with Gasteiger partial charge in [0.05, 0.1) is 29.0 Å². The summed E-state index contributed by atoms with van der Waals surface area (Å²) >= 11 is 1.47. The van der Waals surface area contributed by atoms with E-state index in [4.69, 9.17) is 5.73 Å². The number of nitrogens with one attached hydrogen (secondary N) is 1. The maximum absolute atomic E-state index is 14.7. The highest BCUT2D eigenvalue weighted by Crippen LogP contribution is 2.37. The number of aromatic nitrogens is 4. The van der Waals surface area contributed by atoms with Gasteiger partial charge in [0.15, 0.2) is 0 Å². The van der Waals surface area contributed by atoms with Crippen molar-refractivity contribution in [2.24, 2.45) is 5.73 Å². The molecule has 3 aromatic rings. The van der Waals surface area contributed by atoms with E-state index in [2.05, 4.69) is 20.6 Å². The summed E-state index contributed by atoms with van der Waals surface area (Å²) in [5.74, 6) is -0.601. The van der Waals surface area contributed by atoms with Gasteiger partial charge in [0.2, 0.25) is 0 Å². The summed E-state index contributed by atoms with van der Waals surface area (Å²) in [6.45, 7) is 3.48. The van der Waals surface area contributed by atoms with Crippen molar-refractivity contribution in [1.82, 2.24) is 19.8 Å². The number of nitrogens with zero attached hydrogens (tertiary/aromatic N) is 4. The Labute approximate surface area is 153 Å². The van der Waals surface area contributed by atoms with E-state index < -0.39 is 11.6 Å². The summed E-state index contributed by atoms with van der Waals surface area (Å²) in [7, 11) is 0. The van der Waals surface area contributed by atoms with Crippen LogP contribution in [0.15, 0.2) is 18.5 Å². The van der Waals surface area contributed by atoms with Gasteiger partial charge in [-0.15, -0.1) is 10.2 Å². The molecule has 0 unspecified atom stereocenters. The monoisotopic (exact) mass is 374 g/mol. The van der Waals surface area contributed by atoms with Gasteiger partial charge in [0.25, 0.3) is 5.91 Å². The van der Waals surface area contributed by atoms with Gasteiger partial charge in [-0.05, 0) is 39.2 Å². The third-order valence-corrected chi connectivity index (χ3v) is 5.77. The molecule has 0 radical (unpaired) electrons. The molecule has 2 atom stereocenters. The van der Waals surface area contributed by atoms with Gasteiger partial charge >= 0.3 is 0 Å². The SMILES string of the molecule is Cc1nnc(-c2cc3c(N[C@@H]4CCC[C@@]4(C)F)c(C(N)=O)cnn3c2)s1. The van der Waals surface area contributed by atoms with E-state index in [-0.39, 0.29) is 11.6 Å². The van der Waals surface area contributed by atoms with Crippen molar-refractivity contribution in [1.29, 1.82) is 0 Å². The lowest BCUT2D eigenvalue weighted by molar-refractivity contribution is 0.1000. The zero-order valence-corrected chi connectivity index (χ0v) is 15.3. The van der Waals surface area contributed by atoms with Crippen molar-refractivity contribution in [2.45, 2.75) is 44.8 Å². The number of fused-ring (bicyclic) bond motifs is 1. The predicted octanol–water partition coefficient (Wildman–Crippen LogP) is 2.95. The normalized spacial score (nSPS) is 22.8. The van der Waals surface area contributed by atoms with Crippen LogP contribution in [-0.2, 0) is 0 Å². The highest BCUT2D eigenvalue weighted by molar-refractivity contribution is 7.14. The van der Waals surface area contributed by atoms with Crippen LogP contribution in [0.3, 0.4) is 0 Å². The van der Waals surface area contributed by atoms with Crippen LogP contribution in [0.1, 0.15) is 41.6 Å². The molecule has 1 amide bonds. The summed E-state index contributed by atoms with van der Waals surface area (Å²) in [6, 6.07) is 1.49. The molecule has 3 heterocycles. The molecule has 1 saturated carbocycles. The number of primary amides is 1. The minimum Gasteiger partial charge on any atom is -0.377 e. The Morgan fingerprint density at radius 1 is 1.50 bits per heavy atom. The molecule has 1 fully saturated rings. The molecule has 3 aromatic heterocycles. The van der Waals surface area contributed by atoms with E-state index in [1.54, 1.807) is 11.4 Å². The smallest absolute Gasteiger partial charge is 0.252 e. The fraction of sp³-hybridized carbons (Fsp3) is 0.412. The Morgan fingerprint density at radius 2 is 2.31 bits per heavy atom. The second-order valence-corrected chi connectivity index (χ2v) is 8.03. The topological polar surface area (TPSA) is 98.2 Å². The van der Waals surface area contributed by atoms with Gasteiger partial charge in [-0.3, -0.25) is 4.79 Å². The molecule has 7 nitrogen and oxygen atoms in total. The van der Waals surface area contributed by atoms with Gasteiger partial charge < -0.3 is 11.1 Å². The van der Waals surface area contributed by atoms with Crippen molar-refractivity contribution in [3.8, 4) is 10.6 Å². The molecule has 0 aromatic carbocycles. The number of amides is 1. The molecule has 4 rings (SSSR count). The van der Waals surface area contributed by atoms with Gasteiger partial charge in [-0.2, -0.15) is 5.10 Å². The Bertz CT molecular complexity index is 994. The largest absolute Gasteiger partial charge is 0.377 e. The number of hydrogen-bond donors (Lipinski definition) is 2. The zero-order valence-electron chi connectivity index (χ0n) is 14.5. The molecular formula is C17H19FN6OS. The van der Waals surface area contributed by atoms with Crippen LogP contribution in [-0.4, -0.2) is 37.4 Å². The molecule has 3 N–H and O–H groups in total. The van der Waals surface area contributed by atoms with E-state index in [1.165, 1.54) is 17.5 Å². The molecule has 1 aliphatic rings. The summed E-state index contributed by atoms with van der Waals surface area (Å²) in [5.41, 5.74) is 6.45. The number of rotatable bonds is 4. The van der Waals surface area contributed by atoms with E-state index in [0.717, 1.165) is 22.0 Å². The first-order chi connectivity index (χ1) is 12.3. The summed E-state index contributed by atoms with van der Waals surface area (Å²) in [6.07, 6.45) is 5.22. The van der Waals surface area contributed by atoms with Gasteiger partial charge in [0, 0.05) is 11.8 Å². The van der Waals surface area contributed by atoms with Gasteiger partial charge in [0.1, 0.15) is 15.7 Å². The number of hydrogen-bond acceptors (Lipinski definition) is 6. The first-order valence-electron chi connectivity index (χ1n) is 8.42. The van der Waals surface area contributed by atoms with Crippen LogP contribution in [0, 0.1) is 6.92 Å². The number of aryl methyl sites for hydroxylation is 1. The minimum atomic E-state index is -1.33. The summed E-state index contributed by atoms with van der Waals surface area (Å²) < 4.78 is 16.4. The number of nitrogens with two attached hydrogens (primary N) is 1. The number of carbonyl (C=O) groups is 1. The second kappa shape index (κ2) is 6.01. The number of carbonyl (C=O) groups excluding carboxylic acids is 1. The average molecular weight is 374 g/mol. The molecule has 9 heteroatoms.